The van der Waals surface area contributed by atoms with Gasteiger partial charge in [-0.2, -0.15) is 0 Å². The fourth-order valence-corrected chi connectivity index (χ4v) is 1.65. The molecule has 1 heterocycles. The Kier molecular flexibility index (Phi) is 2.48. The molecular formula is C13H14N2O2. The number of rotatable bonds is 4. The zero-order valence-corrected chi connectivity index (χ0v) is 9.43. The molecule has 2 N–H and O–H groups in total. The summed E-state index contributed by atoms with van der Waals surface area (Å²) in [7, 11) is 0. The molecule has 2 aromatic rings. The molecule has 4 nitrogen and oxygen atoms in total. The van der Waals surface area contributed by atoms with Crippen molar-refractivity contribution in [1.82, 2.24) is 5.16 Å². The topological polar surface area (TPSA) is 61.3 Å². The van der Waals surface area contributed by atoms with Crippen LogP contribution in [0.3, 0.4) is 0 Å². The summed E-state index contributed by atoms with van der Waals surface area (Å²) in [6.07, 6.45) is 2.60. The van der Waals surface area contributed by atoms with Crippen LogP contribution in [0.1, 0.15) is 12.8 Å². The van der Waals surface area contributed by atoms with Gasteiger partial charge < -0.3 is 15.0 Å². The van der Waals surface area contributed by atoms with Crippen LogP contribution in [-0.2, 0) is 0 Å². The van der Waals surface area contributed by atoms with Gasteiger partial charge in [-0.05, 0) is 43.0 Å². The first-order valence-corrected chi connectivity index (χ1v) is 5.77. The number of anilines is 1. The first-order valence-electron chi connectivity index (χ1n) is 5.77. The molecule has 1 aliphatic rings. The lowest BCUT2D eigenvalue weighted by atomic mass is 10.1. The van der Waals surface area contributed by atoms with Crippen LogP contribution < -0.4 is 10.5 Å². The van der Waals surface area contributed by atoms with Gasteiger partial charge in [-0.15, -0.1) is 0 Å². The predicted molar refractivity (Wildman–Crippen MR) is 64.6 cm³/mol. The third-order valence-electron chi connectivity index (χ3n) is 2.86. The Morgan fingerprint density at radius 3 is 2.65 bits per heavy atom. The minimum Gasteiger partial charge on any atom is -0.493 e. The first kappa shape index (κ1) is 10.2. The molecule has 0 spiro atoms. The number of aromatic nitrogens is 1. The third-order valence-corrected chi connectivity index (χ3v) is 2.86. The van der Waals surface area contributed by atoms with E-state index in [1.54, 1.807) is 6.07 Å². The second kappa shape index (κ2) is 4.13. The van der Waals surface area contributed by atoms with Gasteiger partial charge >= 0.3 is 0 Å². The molecule has 3 rings (SSSR count). The monoisotopic (exact) mass is 230 g/mol. The van der Waals surface area contributed by atoms with Crippen LogP contribution >= 0.6 is 0 Å². The molecule has 1 aliphatic carbocycles. The molecule has 0 atom stereocenters. The average molecular weight is 230 g/mol. The Morgan fingerprint density at radius 2 is 2.06 bits per heavy atom. The lowest BCUT2D eigenvalue weighted by molar-refractivity contribution is 0.300. The Balaban J connectivity index is 1.70. The lowest BCUT2D eigenvalue weighted by Crippen LogP contribution is -1.98. The molecule has 0 bridgehead atoms. The van der Waals surface area contributed by atoms with E-state index in [0.717, 1.165) is 29.5 Å². The van der Waals surface area contributed by atoms with Gasteiger partial charge in [0.2, 0.25) is 5.88 Å². The van der Waals surface area contributed by atoms with E-state index >= 15 is 0 Å². The predicted octanol–water partition coefficient (Wildman–Crippen LogP) is 2.71. The zero-order chi connectivity index (χ0) is 11.7. The Bertz CT molecular complexity index is 500. The van der Waals surface area contributed by atoms with Crippen LogP contribution in [0.2, 0.25) is 0 Å². The highest BCUT2D eigenvalue weighted by Crippen LogP contribution is 2.30. The molecular weight excluding hydrogens is 216 g/mol. The van der Waals surface area contributed by atoms with Crippen molar-refractivity contribution in [2.45, 2.75) is 12.8 Å². The SMILES string of the molecule is Nc1cc(-c2ccc(OCC3CC3)cc2)no1. The van der Waals surface area contributed by atoms with E-state index in [-0.39, 0.29) is 0 Å². The zero-order valence-electron chi connectivity index (χ0n) is 9.43. The van der Waals surface area contributed by atoms with E-state index in [2.05, 4.69) is 5.16 Å². The second-order valence-corrected chi connectivity index (χ2v) is 4.39. The molecule has 1 aromatic heterocycles. The second-order valence-electron chi connectivity index (χ2n) is 4.39. The summed E-state index contributed by atoms with van der Waals surface area (Å²) in [4.78, 5) is 0. The molecule has 1 aromatic carbocycles. The largest absolute Gasteiger partial charge is 0.493 e. The van der Waals surface area contributed by atoms with Crippen LogP contribution in [0, 0.1) is 5.92 Å². The van der Waals surface area contributed by atoms with Gasteiger partial charge in [0.15, 0.2) is 0 Å². The van der Waals surface area contributed by atoms with E-state index < -0.39 is 0 Å². The summed E-state index contributed by atoms with van der Waals surface area (Å²) in [6.45, 7) is 0.830. The molecule has 0 saturated heterocycles. The molecule has 1 saturated carbocycles. The highest BCUT2D eigenvalue weighted by Gasteiger charge is 2.21. The summed E-state index contributed by atoms with van der Waals surface area (Å²) in [5.41, 5.74) is 7.20. The van der Waals surface area contributed by atoms with Gasteiger partial charge in [-0.3, -0.25) is 0 Å². The van der Waals surface area contributed by atoms with Crippen molar-refractivity contribution in [1.29, 1.82) is 0 Å². The maximum atomic E-state index is 5.66. The van der Waals surface area contributed by atoms with Crippen molar-refractivity contribution in [3.05, 3.63) is 30.3 Å². The van der Waals surface area contributed by atoms with Crippen LogP contribution in [0.15, 0.2) is 34.9 Å². The quantitative estimate of drug-likeness (QED) is 0.877. The fourth-order valence-electron chi connectivity index (χ4n) is 1.65. The number of ether oxygens (including phenoxy) is 1. The molecule has 17 heavy (non-hydrogen) atoms. The van der Waals surface area contributed by atoms with Crippen molar-refractivity contribution in [3.63, 3.8) is 0 Å². The Morgan fingerprint density at radius 1 is 1.29 bits per heavy atom. The van der Waals surface area contributed by atoms with Crippen LogP contribution in [0.25, 0.3) is 11.3 Å². The number of benzene rings is 1. The summed E-state index contributed by atoms with van der Waals surface area (Å²) >= 11 is 0. The highest BCUT2D eigenvalue weighted by molar-refractivity contribution is 5.61. The van der Waals surface area contributed by atoms with E-state index in [9.17, 15) is 0 Å². The number of hydrogen-bond donors (Lipinski definition) is 1. The van der Waals surface area contributed by atoms with Gasteiger partial charge in [0.1, 0.15) is 11.4 Å². The van der Waals surface area contributed by atoms with Gasteiger partial charge in [0, 0.05) is 11.6 Å². The molecule has 0 unspecified atom stereocenters. The smallest absolute Gasteiger partial charge is 0.222 e. The maximum Gasteiger partial charge on any atom is 0.222 e. The van der Waals surface area contributed by atoms with Crippen LogP contribution in [0.5, 0.6) is 5.75 Å². The van der Waals surface area contributed by atoms with Gasteiger partial charge in [0.25, 0.3) is 0 Å². The molecule has 0 amide bonds. The molecule has 88 valence electrons. The van der Waals surface area contributed by atoms with E-state index in [0.29, 0.717) is 5.88 Å². The Labute approximate surface area is 99.4 Å². The number of nitrogens with zero attached hydrogens (tertiary/aromatic N) is 1. The summed E-state index contributed by atoms with van der Waals surface area (Å²) in [6, 6.07) is 9.52. The number of hydrogen-bond acceptors (Lipinski definition) is 4. The van der Waals surface area contributed by atoms with Crippen molar-refractivity contribution < 1.29 is 9.26 Å². The van der Waals surface area contributed by atoms with Crippen molar-refractivity contribution >= 4 is 5.88 Å². The van der Waals surface area contributed by atoms with E-state index in [1.807, 2.05) is 24.3 Å². The van der Waals surface area contributed by atoms with Crippen LogP contribution in [0.4, 0.5) is 5.88 Å². The summed E-state index contributed by atoms with van der Waals surface area (Å²) < 4.78 is 10.5. The van der Waals surface area contributed by atoms with Gasteiger partial charge in [-0.1, -0.05) is 5.16 Å². The van der Waals surface area contributed by atoms with E-state index in [1.165, 1.54) is 12.8 Å². The molecule has 1 fully saturated rings. The number of nitrogen functional groups attached to an aromatic ring is 1. The van der Waals surface area contributed by atoms with Crippen molar-refractivity contribution in [2.24, 2.45) is 5.92 Å². The van der Waals surface area contributed by atoms with Gasteiger partial charge in [0.05, 0.1) is 6.61 Å². The summed E-state index contributed by atoms with van der Waals surface area (Å²) in [5.74, 6) is 2.00. The lowest BCUT2D eigenvalue weighted by Gasteiger charge is -2.05. The highest BCUT2D eigenvalue weighted by atomic mass is 16.5. The average Bonchev–Trinajstić information content (AvgIpc) is 3.09. The maximum absolute atomic E-state index is 5.66. The van der Waals surface area contributed by atoms with Gasteiger partial charge in [-0.25, -0.2) is 0 Å². The van der Waals surface area contributed by atoms with Crippen molar-refractivity contribution in [3.8, 4) is 17.0 Å². The van der Waals surface area contributed by atoms with E-state index in [4.69, 9.17) is 15.0 Å². The minimum atomic E-state index is 0.328. The fraction of sp³-hybridized carbons (Fsp3) is 0.308. The normalized spacial score (nSPS) is 14.8. The third kappa shape index (κ3) is 2.41. The standard InChI is InChI=1S/C13H14N2O2/c14-13-7-12(15-17-13)10-3-5-11(6-4-10)16-8-9-1-2-9/h3-7,9H,1-2,8,14H2. The molecule has 0 radical (unpaired) electrons. The minimum absolute atomic E-state index is 0.328. The molecule has 4 heteroatoms. The molecule has 0 aliphatic heterocycles. The van der Waals surface area contributed by atoms with Crippen LogP contribution in [-0.4, -0.2) is 11.8 Å². The first-order chi connectivity index (χ1) is 8.31. The van der Waals surface area contributed by atoms with Crippen molar-refractivity contribution in [2.75, 3.05) is 12.3 Å². The number of nitrogens with two attached hydrogens (primary N) is 1. The summed E-state index contributed by atoms with van der Waals surface area (Å²) in [5, 5.41) is 3.86. The Hall–Kier alpha value is -1.97.